The van der Waals surface area contributed by atoms with Crippen molar-refractivity contribution < 1.29 is 17.9 Å². The van der Waals surface area contributed by atoms with Crippen molar-refractivity contribution in [2.24, 2.45) is 11.5 Å². The van der Waals surface area contributed by atoms with Gasteiger partial charge in [0.15, 0.2) is 9.84 Å². The lowest BCUT2D eigenvalue weighted by Gasteiger charge is -2.20. The fourth-order valence-electron chi connectivity index (χ4n) is 1.54. The van der Waals surface area contributed by atoms with Crippen LogP contribution >= 0.6 is 0 Å². The normalized spacial score (nSPS) is 14.6. The Morgan fingerprint density at radius 1 is 1.30 bits per heavy atom. The van der Waals surface area contributed by atoms with Crippen molar-refractivity contribution in [3.8, 4) is 5.75 Å². The van der Waals surface area contributed by atoms with Gasteiger partial charge in [-0.1, -0.05) is 0 Å². The predicted molar refractivity (Wildman–Crippen MR) is 76.1 cm³/mol. The Hall–Kier alpha value is -1.60. The minimum Gasteiger partial charge on any atom is -0.494 e. The van der Waals surface area contributed by atoms with Crippen molar-refractivity contribution in [3.63, 3.8) is 0 Å². The summed E-state index contributed by atoms with van der Waals surface area (Å²) in [5.41, 5.74) is 9.83. The van der Waals surface area contributed by atoms with Gasteiger partial charge in [0, 0.05) is 6.26 Å². The third-order valence-electron chi connectivity index (χ3n) is 2.92. The van der Waals surface area contributed by atoms with Crippen molar-refractivity contribution in [2.45, 2.75) is 30.2 Å². The number of nitrogens with two attached hydrogens (primary N) is 2. The number of carbonyl (C=O) groups is 1. The van der Waals surface area contributed by atoms with E-state index < -0.39 is 21.3 Å². The Kier molecular flexibility index (Phi) is 5.13. The Morgan fingerprint density at radius 2 is 1.85 bits per heavy atom. The lowest BCUT2D eigenvalue weighted by molar-refractivity contribution is -0.122. The van der Waals surface area contributed by atoms with Crippen LogP contribution in [-0.4, -0.2) is 32.7 Å². The molecule has 1 rings (SSSR count). The highest BCUT2D eigenvalue weighted by Crippen LogP contribution is 2.16. The van der Waals surface area contributed by atoms with Crippen LogP contribution in [0.5, 0.6) is 5.75 Å². The first kappa shape index (κ1) is 16.5. The molecular formula is C13H20N2O4S. The minimum atomic E-state index is -3.20. The van der Waals surface area contributed by atoms with E-state index >= 15 is 0 Å². The van der Waals surface area contributed by atoms with Crippen molar-refractivity contribution >= 4 is 15.7 Å². The van der Waals surface area contributed by atoms with Gasteiger partial charge in [-0.3, -0.25) is 4.79 Å². The number of benzene rings is 1. The molecule has 0 fully saturated rings. The molecule has 0 aromatic heterocycles. The summed E-state index contributed by atoms with van der Waals surface area (Å²) >= 11 is 0. The van der Waals surface area contributed by atoms with Crippen molar-refractivity contribution in [1.82, 2.24) is 0 Å². The van der Waals surface area contributed by atoms with Crippen LogP contribution in [0.25, 0.3) is 0 Å². The van der Waals surface area contributed by atoms with Crippen molar-refractivity contribution in [2.75, 3.05) is 12.9 Å². The van der Waals surface area contributed by atoms with Crippen LogP contribution in [0.4, 0.5) is 0 Å². The number of ether oxygens (including phenoxy) is 1. The Bertz CT molecular complexity index is 565. The van der Waals surface area contributed by atoms with E-state index in [0.717, 1.165) is 6.26 Å². The van der Waals surface area contributed by atoms with Gasteiger partial charge in [-0.2, -0.15) is 0 Å². The molecule has 0 aliphatic carbocycles. The van der Waals surface area contributed by atoms with E-state index in [9.17, 15) is 13.2 Å². The lowest BCUT2D eigenvalue weighted by Crippen LogP contribution is -2.49. The van der Waals surface area contributed by atoms with Crippen LogP contribution in [0, 0.1) is 0 Å². The van der Waals surface area contributed by atoms with Gasteiger partial charge in [0.2, 0.25) is 5.91 Å². The standard InChI is InChI=1S/C13H20N2O4S/c1-13(15,12(14)16)8-3-9-19-10-4-6-11(7-5-10)20(2,17)18/h4-7H,3,8-9,15H2,1-2H3,(H2,14,16). The van der Waals surface area contributed by atoms with Crippen molar-refractivity contribution in [1.29, 1.82) is 0 Å². The third-order valence-corrected chi connectivity index (χ3v) is 4.05. The molecule has 1 aromatic rings. The maximum absolute atomic E-state index is 11.3. The van der Waals surface area contributed by atoms with Crippen LogP contribution in [0.15, 0.2) is 29.2 Å². The van der Waals surface area contributed by atoms with E-state index in [1.807, 2.05) is 0 Å². The second kappa shape index (κ2) is 6.23. The second-order valence-corrected chi connectivity index (χ2v) is 6.99. The molecule has 0 saturated heterocycles. The fraction of sp³-hybridized carbons (Fsp3) is 0.462. The molecular weight excluding hydrogens is 280 g/mol. The number of hydrogen-bond acceptors (Lipinski definition) is 5. The summed E-state index contributed by atoms with van der Waals surface area (Å²) in [6, 6.07) is 6.15. The number of hydrogen-bond donors (Lipinski definition) is 2. The van der Waals surface area contributed by atoms with E-state index in [0.29, 0.717) is 25.2 Å². The molecule has 1 unspecified atom stereocenters. The minimum absolute atomic E-state index is 0.244. The summed E-state index contributed by atoms with van der Waals surface area (Å²) in [6.45, 7) is 1.95. The molecule has 0 radical (unpaired) electrons. The van der Waals surface area contributed by atoms with Crippen molar-refractivity contribution in [3.05, 3.63) is 24.3 Å². The van der Waals surface area contributed by atoms with Crippen LogP contribution < -0.4 is 16.2 Å². The molecule has 0 aliphatic heterocycles. The van der Waals surface area contributed by atoms with Crippen LogP contribution in [0.2, 0.25) is 0 Å². The Labute approximate surface area is 119 Å². The zero-order chi connectivity index (χ0) is 15.4. The summed E-state index contributed by atoms with van der Waals surface area (Å²) in [4.78, 5) is 11.3. The molecule has 0 spiro atoms. The molecule has 1 amide bonds. The molecule has 112 valence electrons. The van der Waals surface area contributed by atoms with Gasteiger partial charge in [0.1, 0.15) is 5.75 Å². The van der Waals surface area contributed by atoms with Gasteiger partial charge < -0.3 is 16.2 Å². The summed E-state index contributed by atoms with van der Waals surface area (Å²) in [5.74, 6) is 0.0187. The third kappa shape index (κ3) is 4.82. The highest BCUT2D eigenvalue weighted by Gasteiger charge is 2.24. The molecule has 7 heteroatoms. The first-order valence-electron chi connectivity index (χ1n) is 6.14. The Morgan fingerprint density at radius 3 is 2.30 bits per heavy atom. The van der Waals surface area contributed by atoms with Gasteiger partial charge in [-0.05, 0) is 44.0 Å². The average molecular weight is 300 g/mol. The SMILES string of the molecule is CC(N)(CCCOc1ccc(S(C)(=O)=O)cc1)C(N)=O. The second-order valence-electron chi connectivity index (χ2n) is 4.98. The zero-order valence-corrected chi connectivity index (χ0v) is 12.4. The van der Waals surface area contributed by atoms with Crippen LogP contribution in [-0.2, 0) is 14.6 Å². The largest absolute Gasteiger partial charge is 0.494 e. The molecule has 1 aromatic carbocycles. The number of amides is 1. The number of carbonyl (C=O) groups excluding carboxylic acids is 1. The van der Waals surface area contributed by atoms with E-state index in [1.165, 1.54) is 12.1 Å². The van der Waals surface area contributed by atoms with Gasteiger partial charge in [-0.15, -0.1) is 0 Å². The number of primary amides is 1. The summed E-state index contributed by atoms with van der Waals surface area (Å²) in [7, 11) is -3.20. The van der Waals surface area contributed by atoms with Crippen LogP contribution in [0.3, 0.4) is 0 Å². The monoisotopic (exact) mass is 300 g/mol. The molecule has 1 atom stereocenters. The topological polar surface area (TPSA) is 112 Å². The predicted octanol–water partition coefficient (Wildman–Crippen LogP) is 0.452. The number of rotatable bonds is 7. The first-order chi connectivity index (χ1) is 9.13. The van der Waals surface area contributed by atoms with Gasteiger partial charge in [-0.25, -0.2) is 8.42 Å². The quantitative estimate of drug-likeness (QED) is 0.710. The fourth-order valence-corrected chi connectivity index (χ4v) is 2.17. The molecule has 4 N–H and O–H groups in total. The zero-order valence-electron chi connectivity index (χ0n) is 11.6. The molecule has 20 heavy (non-hydrogen) atoms. The lowest BCUT2D eigenvalue weighted by atomic mass is 9.97. The summed E-state index contributed by atoms with van der Waals surface area (Å²) in [5, 5.41) is 0. The summed E-state index contributed by atoms with van der Waals surface area (Å²) < 4.78 is 28.0. The van der Waals surface area contributed by atoms with Gasteiger partial charge in [0.25, 0.3) is 0 Å². The Balaban J connectivity index is 2.46. The van der Waals surface area contributed by atoms with Gasteiger partial charge >= 0.3 is 0 Å². The highest BCUT2D eigenvalue weighted by molar-refractivity contribution is 7.90. The van der Waals surface area contributed by atoms with E-state index in [4.69, 9.17) is 16.2 Å². The first-order valence-corrected chi connectivity index (χ1v) is 8.04. The van der Waals surface area contributed by atoms with Crippen LogP contribution in [0.1, 0.15) is 19.8 Å². The maximum atomic E-state index is 11.3. The smallest absolute Gasteiger partial charge is 0.237 e. The molecule has 0 aliphatic rings. The van der Waals surface area contributed by atoms with E-state index in [2.05, 4.69) is 0 Å². The maximum Gasteiger partial charge on any atom is 0.237 e. The molecule has 0 saturated carbocycles. The summed E-state index contributed by atoms with van der Waals surface area (Å²) in [6.07, 6.45) is 2.14. The van der Waals surface area contributed by atoms with E-state index in [1.54, 1.807) is 19.1 Å². The molecule has 0 heterocycles. The molecule has 6 nitrogen and oxygen atoms in total. The van der Waals surface area contributed by atoms with Gasteiger partial charge in [0.05, 0.1) is 17.0 Å². The number of sulfone groups is 1. The highest BCUT2D eigenvalue weighted by atomic mass is 32.2. The average Bonchev–Trinajstić information content (AvgIpc) is 2.34. The molecule has 0 bridgehead atoms. The van der Waals surface area contributed by atoms with E-state index in [-0.39, 0.29) is 4.90 Å².